The quantitative estimate of drug-likeness (QED) is 0.0353. The molecule has 0 fully saturated rings. The van der Waals surface area contributed by atoms with Crippen molar-refractivity contribution < 1.29 is 28.4 Å². The molecule has 0 saturated carbocycles. The topological polar surface area (TPSA) is 131 Å². The standard InChI is InChI=1S/C35H63N2O6P/c1-3-5-7-9-11-13-14-15-16-17-18-19-20-21-23-25-27-29-35(39)37-33(32-43-44(40,41)42-31-30-36)34(38)28-26-24-22-12-10-8-6-4-2/h5,7,11,13,15-16,18-19,26,28,33-34,38H,3-4,6,8-10,12,14,17,20-25,27,29-32,36H2,1-2H3,(H,37,39)(H,40,41)/b7-5-,13-11-,16-15-,19-18-,28-26+. The molecule has 1 amide bonds. The Morgan fingerprint density at radius 2 is 1.32 bits per heavy atom. The molecule has 5 N–H and O–H groups in total. The van der Waals surface area contributed by atoms with E-state index in [9.17, 15) is 19.4 Å². The minimum atomic E-state index is -4.33. The van der Waals surface area contributed by atoms with Gasteiger partial charge in [0, 0.05) is 13.0 Å². The van der Waals surface area contributed by atoms with E-state index >= 15 is 0 Å². The number of allylic oxidation sites excluding steroid dienone is 9. The summed E-state index contributed by atoms with van der Waals surface area (Å²) in [5, 5.41) is 13.5. The van der Waals surface area contributed by atoms with Gasteiger partial charge in [0.1, 0.15) is 0 Å². The lowest BCUT2D eigenvalue weighted by Crippen LogP contribution is -2.45. The van der Waals surface area contributed by atoms with Crippen LogP contribution in [0.15, 0.2) is 60.8 Å². The van der Waals surface area contributed by atoms with Crippen molar-refractivity contribution in [2.45, 2.75) is 135 Å². The maximum absolute atomic E-state index is 12.6. The lowest BCUT2D eigenvalue weighted by Gasteiger charge is -2.23. The second-order valence-corrected chi connectivity index (χ2v) is 12.4. The van der Waals surface area contributed by atoms with Crippen molar-refractivity contribution in [3.05, 3.63) is 60.8 Å². The van der Waals surface area contributed by atoms with Gasteiger partial charge in [-0.15, -0.1) is 0 Å². The summed E-state index contributed by atoms with van der Waals surface area (Å²) < 4.78 is 21.9. The van der Waals surface area contributed by atoms with Crippen LogP contribution >= 0.6 is 7.82 Å². The molecule has 0 heterocycles. The Bertz CT molecular complexity index is 871. The van der Waals surface area contributed by atoms with Crippen molar-refractivity contribution in [1.29, 1.82) is 0 Å². The summed E-state index contributed by atoms with van der Waals surface area (Å²) >= 11 is 0. The lowest BCUT2D eigenvalue weighted by atomic mass is 10.1. The summed E-state index contributed by atoms with van der Waals surface area (Å²) in [6.45, 7) is 3.91. The van der Waals surface area contributed by atoms with Gasteiger partial charge in [0.05, 0.1) is 25.4 Å². The van der Waals surface area contributed by atoms with Crippen LogP contribution in [-0.4, -0.2) is 47.8 Å². The van der Waals surface area contributed by atoms with E-state index in [1.165, 1.54) is 25.7 Å². The predicted molar refractivity (Wildman–Crippen MR) is 184 cm³/mol. The van der Waals surface area contributed by atoms with Crippen molar-refractivity contribution >= 4 is 13.7 Å². The first-order valence-electron chi connectivity index (χ1n) is 16.9. The number of nitrogens with two attached hydrogens (primary N) is 1. The highest BCUT2D eigenvalue weighted by molar-refractivity contribution is 7.47. The van der Waals surface area contributed by atoms with E-state index in [1.54, 1.807) is 6.08 Å². The number of amides is 1. The van der Waals surface area contributed by atoms with Crippen LogP contribution in [0.1, 0.15) is 123 Å². The molecular weight excluding hydrogens is 575 g/mol. The van der Waals surface area contributed by atoms with Crippen LogP contribution < -0.4 is 11.1 Å². The van der Waals surface area contributed by atoms with E-state index in [2.05, 4.69) is 67.8 Å². The zero-order valence-electron chi connectivity index (χ0n) is 27.6. The van der Waals surface area contributed by atoms with Crippen LogP contribution in [0.2, 0.25) is 0 Å². The van der Waals surface area contributed by atoms with Gasteiger partial charge >= 0.3 is 7.82 Å². The predicted octanol–water partition coefficient (Wildman–Crippen LogP) is 8.38. The average Bonchev–Trinajstić information content (AvgIpc) is 3.01. The van der Waals surface area contributed by atoms with Gasteiger partial charge in [-0.1, -0.05) is 120 Å². The Hall–Kier alpha value is -1.80. The van der Waals surface area contributed by atoms with Gasteiger partial charge < -0.3 is 21.1 Å². The summed E-state index contributed by atoms with van der Waals surface area (Å²) in [6.07, 6.45) is 37.0. The van der Waals surface area contributed by atoms with E-state index in [1.807, 2.05) is 6.08 Å². The van der Waals surface area contributed by atoms with Gasteiger partial charge in [-0.25, -0.2) is 4.57 Å². The van der Waals surface area contributed by atoms with Gasteiger partial charge in [-0.2, -0.15) is 0 Å². The lowest BCUT2D eigenvalue weighted by molar-refractivity contribution is -0.123. The molecule has 44 heavy (non-hydrogen) atoms. The Morgan fingerprint density at radius 1 is 0.773 bits per heavy atom. The van der Waals surface area contributed by atoms with Crippen molar-refractivity contribution in [3.63, 3.8) is 0 Å². The first kappa shape index (κ1) is 42.2. The van der Waals surface area contributed by atoms with E-state index in [0.29, 0.717) is 6.42 Å². The van der Waals surface area contributed by atoms with E-state index in [-0.39, 0.29) is 25.7 Å². The van der Waals surface area contributed by atoms with Gasteiger partial charge in [0.15, 0.2) is 0 Å². The molecule has 0 aliphatic rings. The highest BCUT2D eigenvalue weighted by Gasteiger charge is 2.26. The molecule has 9 heteroatoms. The molecule has 3 atom stereocenters. The fraction of sp³-hybridized carbons (Fsp3) is 0.686. The summed E-state index contributed by atoms with van der Waals surface area (Å²) in [6, 6.07) is -0.872. The SMILES string of the molecule is CC/C=C\C/C=C\C/C=C\C/C=C\CCCCCCC(=O)NC(COP(=O)(O)OCCN)C(O)/C=C/CCCCCCCC. The molecule has 0 aromatic heterocycles. The highest BCUT2D eigenvalue weighted by atomic mass is 31.2. The molecule has 0 aromatic rings. The van der Waals surface area contributed by atoms with Crippen LogP contribution in [0.5, 0.6) is 0 Å². The summed E-state index contributed by atoms with van der Waals surface area (Å²) in [7, 11) is -4.33. The number of rotatable bonds is 30. The molecule has 0 spiro atoms. The Labute approximate surface area is 268 Å². The molecule has 3 unspecified atom stereocenters. The van der Waals surface area contributed by atoms with Crippen LogP contribution in [0.25, 0.3) is 0 Å². The number of hydrogen-bond acceptors (Lipinski definition) is 6. The smallest absolute Gasteiger partial charge is 0.387 e. The fourth-order valence-electron chi connectivity index (χ4n) is 4.30. The zero-order valence-corrected chi connectivity index (χ0v) is 28.5. The largest absolute Gasteiger partial charge is 0.472 e. The Kier molecular flexibility index (Phi) is 29.9. The average molecular weight is 639 g/mol. The number of carbonyl (C=O) groups excluding carboxylic acids is 1. The van der Waals surface area contributed by atoms with Crippen LogP contribution in [0.3, 0.4) is 0 Å². The van der Waals surface area contributed by atoms with Gasteiger partial charge in [0.2, 0.25) is 5.91 Å². The fourth-order valence-corrected chi connectivity index (χ4v) is 5.06. The van der Waals surface area contributed by atoms with E-state index in [4.69, 9.17) is 14.8 Å². The number of phosphoric ester groups is 1. The first-order valence-corrected chi connectivity index (χ1v) is 18.4. The Morgan fingerprint density at radius 3 is 1.93 bits per heavy atom. The van der Waals surface area contributed by atoms with E-state index < -0.39 is 20.0 Å². The summed E-state index contributed by atoms with van der Waals surface area (Å²) in [4.78, 5) is 22.5. The molecule has 0 aromatic carbocycles. The van der Waals surface area contributed by atoms with Crippen molar-refractivity contribution in [2.75, 3.05) is 19.8 Å². The molecule has 0 radical (unpaired) electrons. The number of nitrogens with one attached hydrogen (secondary N) is 1. The number of carbonyl (C=O) groups is 1. The number of hydrogen-bond donors (Lipinski definition) is 4. The molecule has 8 nitrogen and oxygen atoms in total. The van der Waals surface area contributed by atoms with Crippen LogP contribution in [0, 0.1) is 0 Å². The monoisotopic (exact) mass is 638 g/mol. The second kappa shape index (κ2) is 31.2. The molecule has 0 aliphatic carbocycles. The normalized spacial score (nSPS) is 15.3. The number of phosphoric acid groups is 1. The minimum Gasteiger partial charge on any atom is -0.387 e. The highest BCUT2D eigenvalue weighted by Crippen LogP contribution is 2.43. The number of unbranched alkanes of at least 4 members (excludes halogenated alkanes) is 10. The first-order chi connectivity index (χ1) is 21.4. The number of aliphatic hydroxyl groups is 1. The maximum atomic E-state index is 12.6. The number of aliphatic hydroxyl groups excluding tert-OH is 1. The van der Waals surface area contributed by atoms with Gasteiger partial charge in [-0.3, -0.25) is 13.8 Å². The molecule has 0 aliphatic heterocycles. The van der Waals surface area contributed by atoms with Crippen LogP contribution in [-0.2, 0) is 18.4 Å². The summed E-state index contributed by atoms with van der Waals surface area (Å²) in [5.74, 6) is -0.225. The molecule has 0 bridgehead atoms. The van der Waals surface area contributed by atoms with Crippen molar-refractivity contribution in [3.8, 4) is 0 Å². The van der Waals surface area contributed by atoms with Gasteiger partial charge in [0.25, 0.3) is 0 Å². The van der Waals surface area contributed by atoms with E-state index in [0.717, 1.165) is 77.0 Å². The van der Waals surface area contributed by atoms with Crippen molar-refractivity contribution in [1.82, 2.24) is 5.32 Å². The molecule has 0 saturated heterocycles. The second-order valence-electron chi connectivity index (χ2n) is 11.0. The third kappa shape index (κ3) is 28.9. The Balaban J connectivity index is 4.37. The molecular formula is C35H63N2O6P. The third-order valence-electron chi connectivity index (χ3n) is 6.85. The third-order valence-corrected chi connectivity index (χ3v) is 7.83. The minimum absolute atomic E-state index is 0.0708. The summed E-state index contributed by atoms with van der Waals surface area (Å²) in [5.41, 5.74) is 5.33. The van der Waals surface area contributed by atoms with Gasteiger partial charge in [-0.05, 0) is 57.8 Å². The molecule has 0 rings (SSSR count). The maximum Gasteiger partial charge on any atom is 0.472 e. The van der Waals surface area contributed by atoms with Crippen LogP contribution in [0.4, 0.5) is 0 Å². The zero-order chi connectivity index (χ0) is 32.6. The molecule has 254 valence electrons. The van der Waals surface area contributed by atoms with Crippen molar-refractivity contribution in [2.24, 2.45) is 5.73 Å².